The van der Waals surface area contributed by atoms with Gasteiger partial charge in [0.15, 0.2) is 11.5 Å². The summed E-state index contributed by atoms with van der Waals surface area (Å²) in [7, 11) is 3.26. The van der Waals surface area contributed by atoms with Crippen molar-refractivity contribution in [1.82, 2.24) is 4.98 Å². The van der Waals surface area contributed by atoms with Crippen LogP contribution in [0.5, 0.6) is 11.5 Å². The summed E-state index contributed by atoms with van der Waals surface area (Å²) in [5, 5.41) is 0.933. The lowest BCUT2D eigenvalue weighted by molar-refractivity contribution is 0.356. The molecule has 0 spiro atoms. The van der Waals surface area contributed by atoms with Crippen molar-refractivity contribution in [3.8, 4) is 11.5 Å². The number of aromatic nitrogens is 1. The van der Waals surface area contributed by atoms with Crippen LogP contribution in [0.1, 0.15) is 10.6 Å². The van der Waals surface area contributed by atoms with Gasteiger partial charge in [0, 0.05) is 17.8 Å². The van der Waals surface area contributed by atoms with E-state index >= 15 is 0 Å². The molecule has 0 atom stereocenters. The van der Waals surface area contributed by atoms with Crippen LogP contribution in [0, 0.1) is 0 Å². The summed E-state index contributed by atoms with van der Waals surface area (Å²) in [4.78, 5) is 4.60. The van der Waals surface area contributed by atoms with Gasteiger partial charge in [-0.3, -0.25) is 0 Å². The standard InChI is InChI=1S/C19H18N2O2S/c1-22-16-11-15-18(12-17(16)23-2)24-19(21-15)6-4-3-5-13-7-9-14(20)10-8-13/h3-12H,20H2,1-2H3. The molecular weight excluding hydrogens is 320 g/mol. The fraction of sp³-hybridized carbons (Fsp3) is 0.105. The predicted molar refractivity (Wildman–Crippen MR) is 102 cm³/mol. The summed E-state index contributed by atoms with van der Waals surface area (Å²) >= 11 is 1.61. The highest BCUT2D eigenvalue weighted by Gasteiger charge is 2.09. The Balaban J connectivity index is 1.78. The van der Waals surface area contributed by atoms with Gasteiger partial charge in [-0.25, -0.2) is 4.98 Å². The fourth-order valence-corrected chi connectivity index (χ4v) is 3.15. The number of rotatable bonds is 5. The smallest absolute Gasteiger partial charge is 0.162 e. The second-order valence-electron chi connectivity index (χ2n) is 5.11. The molecule has 0 fully saturated rings. The molecule has 0 aliphatic carbocycles. The lowest BCUT2D eigenvalue weighted by Crippen LogP contribution is -1.89. The van der Waals surface area contributed by atoms with Crippen molar-refractivity contribution in [2.45, 2.75) is 0 Å². The molecule has 3 aromatic rings. The van der Waals surface area contributed by atoms with E-state index in [0.717, 1.165) is 26.5 Å². The highest BCUT2D eigenvalue weighted by atomic mass is 32.1. The van der Waals surface area contributed by atoms with Gasteiger partial charge >= 0.3 is 0 Å². The van der Waals surface area contributed by atoms with E-state index in [-0.39, 0.29) is 0 Å². The molecule has 3 rings (SSSR count). The van der Waals surface area contributed by atoms with Crippen LogP contribution in [0.3, 0.4) is 0 Å². The number of nitrogens with two attached hydrogens (primary N) is 1. The molecule has 24 heavy (non-hydrogen) atoms. The quantitative estimate of drug-likeness (QED) is 0.545. The average Bonchev–Trinajstić information content (AvgIpc) is 3.00. The first-order valence-corrected chi connectivity index (χ1v) is 8.24. The predicted octanol–water partition coefficient (Wildman–Crippen LogP) is 4.62. The summed E-state index contributed by atoms with van der Waals surface area (Å²) in [6.45, 7) is 0. The van der Waals surface area contributed by atoms with E-state index in [0.29, 0.717) is 11.5 Å². The number of nitrogens with zero attached hydrogens (tertiary/aromatic N) is 1. The largest absolute Gasteiger partial charge is 0.493 e. The molecule has 122 valence electrons. The first-order chi connectivity index (χ1) is 11.7. The van der Waals surface area contributed by atoms with Crippen molar-refractivity contribution in [3.63, 3.8) is 0 Å². The zero-order chi connectivity index (χ0) is 16.9. The van der Waals surface area contributed by atoms with Crippen LogP contribution in [-0.2, 0) is 0 Å². The number of allylic oxidation sites excluding steroid dienone is 2. The van der Waals surface area contributed by atoms with Crippen LogP contribution in [0.25, 0.3) is 22.4 Å². The number of benzene rings is 2. The number of methoxy groups -OCH3 is 2. The minimum absolute atomic E-state index is 0.689. The van der Waals surface area contributed by atoms with E-state index in [1.54, 1.807) is 25.6 Å². The molecule has 0 radical (unpaired) electrons. The van der Waals surface area contributed by atoms with Crippen molar-refractivity contribution in [2.24, 2.45) is 0 Å². The van der Waals surface area contributed by atoms with Gasteiger partial charge in [-0.1, -0.05) is 30.4 Å². The fourth-order valence-electron chi connectivity index (χ4n) is 2.26. The Morgan fingerprint density at radius 1 is 0.958 bits per heavy atom. The van der Waals surface area contributed by atoms with Gasteiger partial charge in [0.05, 0.1) is 24.4 Å². The van der Waals surface area contributed by atoms with Crippen LogP contribution in [0.2, 0.25) is 0 Å². The minimum atomic E-state index is 0.689. The number of hydrogen-bond acceptors (Lipinski definition) is 5. The van der Waals surface area contributed by atoms with E-state index in [1.807, 2.05) is 60.7 Å². The van der Waals surface area contributed by atoms with E-state index in [9.17, 15) is 0 Å². The molecule has 0 saturated carbocycles. The maximum absolute atomic E-state index is 5.67. The second kappa shape index (κ2) is 7.19. The Hall–Kier alpha value is -2.79. The number of ether oxygens (including phenoxy) is 2. The van der Waals surface area contributed by atoms with E-state index < -0.39 is 0 Å². The van der Waals surface area contributed by atoms with Crippen LogP contribution < -0.4 is 15.2 Å². The van der Waals surface area contributed by atoms with E-state index in [4.69, 9.17) is 15.2 Å². The van der Waals surface area contributed by atoms with Gasteiger partial charge in [0.25, 0.3) is 0 Å². The van der Waals surface area contributed by atoms with Crippen LogP contribution in [0.15, 0.2) is 48.6 Å². The zero-order valence-electron chi connectivity index (χ0n) is 13.5. The van der Waals surface area contributed by atoms with Crippen molar-refractivity contribution in [1.29, 1.82) is 0 Å². The molecule has 2 aromatic carbocycles. The molecule has 0 aliphatic heterocycles. The lowest BCUT2D eigenvalue weighted by atomic mass is 10.2. The number of thiazole rings is 1. The van der Waals surface area contributed by atoms with Crippen molar-refractivity contribution in [2.75, 3.05) is 20.0 Å². The Morgan fingerprint density at radius 2 is 1.62 bits per heavy atom. The third kappa shape index (κ3) is 3.58. The van der Waals surface area contributed by atoms with Crippen molar-refractivity contribution >= 4 is 39.4 Å². The molecule has 0 bridgehead atoms. The maximum atomic E-state index is 5.67. The third-order valence-corrected chi connectivity index (χ3v) is 4.47. The molecule has 0 aliphatic rings. The number of fused-ring (bicyclic) bond motifs is 1. The van der Waals surface area contributed by atoms with Crippen LogP contribution in [0.4, 0.5) is 5.69 Å². The highest BCUT2D eigenvalue weighted by Crippen LogP contribution is 2.34. The molecule has 0 amide bonds. The monoisotopic (exact) mass is 338 g/mol. The molecule has 5 heteroatoms. The zero-order valence-corrected chi connectivity index (χ0v) is 14.3. The molecular formula is C19H18N2O2S. The Bertz CT molecular complexity index is 855. The van der Waals surface area contributed by atoms with Gasteiger partial charge < -0.3 is 15.2 Å². The van der Waals surface area contributed by atoms with E-state index in [2.05, 4.69) is 4.98 Å². The second-order valence-corrected chi connectivity index (χ2v) is 6.17. The topological polar surface area (TPSA) is 57.4 Å². The highest BCUT2D eigenvalue weighted by molar-refractivity contribution is 7.19. The number of nitrogen functional groups attached to an aromatic ring is 1. The van der Waals surface area contributed by atoms with Crippen molar-refractivity contribution in [3.05, 3.63) is 59.1 Å². The molecule has 1 heterocycles. The molecule has 1 aromatic heterocycles. The molecule has 4 nitrogen and oxygen atoms in total. The maximum Gasteiger partial charge on any atom is 0.162 e. The van der Waals surface area contributed by atoms with Gasteiger partial charge in [-0.15, -0.1) is 11.3 Å². The molecule has 2 N–H and O–H groups in total. The lowest BCUT2D eigenvalue weighted by Gasteiger charge is -2.05. The summed E-state index contributed by atoms with van der Waals surface area (Å²) in [6, 6.07) is 11.6. The Morgan fingerprint density at radius 3 is 2.33 bits per heavy atom. The molecule has 0 unspecified atom stereocenters. The summed E-state index contributed by atoms with van der Waals surface area (Å²) < 4.78 is 11.7. The Kier molecular flexibility index (Phi) is 4.82. The number of anilines is 1. The van der Waals surface area contributed by atoms with Gasteiger partial charge in [-0.2, -0.15) is 0 Å². The summed E-state index contributed by atoms with van der Waals surface area (Å²) in [5.74, 6) is 1.40. The van der Waals surface area contributed by atoms with Crippen LogP contribution in [-0.4, -0.2) is 19.2 Å². The third-order valence-electron chi connectivity index (χ3n) is 3.49. The van der Waals surface area contributed by atoms with Gasteiger partial charge in [0.1, 0.15) is 5.01 Å². The van der Waals surface area contributed by atoms with Gasteiger partial charge in [-0.05, 0) is 23.8 Å². The molecule has 0 saturated heterocycles. The Labute approximate surface area is 144 Å². The number of hydrogen-bond donors (Lipinski definition) is 1. The van der Waals surface area contributed by atoms with Crippen LogP contribution >= 0.6 is 11.3 Å². The van der Waals surface area contributed by atoms with Crippen molar-refractivity contribution < 1.29 is 9.47 Å². The van der Waals surface area contributed by atoms with Gasteiger partial charge in [0.2, 0.25) is 0 Å². The normalized spacial score (nSPS) is 11.6. The summed E-state index contributed by atoms with van der Waals surface area (Å²) in [6.07, 6.45) is 7.97. The first-order valence-electron chi connectivity index (χ1n) is 7.42. The van der Waals surface area contributed by atoms with E-state index in [1.165, 1.54) is 0 Å². The summed E-state index contributed by atoms with van der Waals surface area (Å²) in [5.41, 5.74) is 8.45. The SMILES string of the molecule is COc1cc2nc(C=CC=Cc3ccc(N)cc3)sc2cc1OC. The first kappa shape index (κ1) is 16.1. The minimum Gasteiger partial charge on any atom is -0.493 e. The average molecular weight is 338 g/mol.